The third kappa shape index (κ3) is 15.7. The van der Waals surface area contributed by atoms with Gasteiger partial charge in [0.15, 0.2) is 0 Å². The Kier molecular flexibility index (Phi) is 15.8. The molecular weight excluding hydrogens is 484 g/mol. The number of carbonyl (C=O) groups excluding carboxylic acids is 4. The lowest BCUT2D eigenvalue weighted by Gasteiger charge is -2.46. The van der Waals surface area contributed by atoms with Gasteiger partial charge in [0.25, 0.3) is 0 Å². The van der Waals surface area contributed by atoms with Crippen LogP contribution in [0.2, 0.25) is 0 Å². The molecule has 220 valence electrons. The Labute approximate surface area is 229 Å². The van der Waals surface area contributed by atoms with E-state index in [9.17, 15) is 19.2 Å². The van der Waals surface area contributed by atoms with Crippen LogP contribution < -0.4 is 32.3 Å². The van der Waals surface area contributed by atoms with Gasteiger partial charge in [0, 0.05) is 25.4 Å². The van der Waals surface area contributed by atoms with Crippen LogP contribution in [0.5, 0.6) is 0 Å². The first-order valence-corrected chi connectivity index (χ1v) is 14.7. The minimum absolute atomic E-state index is 0.0448. The molecule has 1 aliphatic rings. The summed E-state index contributed by atoms with van der Waals surface area (Å²) in [5, 5.41) is 5.84. The van der Waals surface area contributed by atoms with Crippen LogP contribution in [0.3, 0.4) is 0 Å². The fourth-order valence-electron chi connectivity index (χ4n) is 5.59. The van der Waals surface area contributed by atoms with Crippen LogP contribution in [0.1, 0.15) is 131 Å². The van der Waals surface area contributed by atoms with E-state index in [4.69, 9.17) is 0 Å². The third-order valence-electron chi connectivity index (χ3n) is 7.10. The van der Waals surface area contributed by atoms with E-state index in [1.54, 1.807) is 0 Å². The summed E-state index contributed by atoms with van der Waals surface area (Å²) in [4.78, 5) is 48.7. The summed E-state index contributed by atoms with van der Waals surface area (Å²) in [5.74, 6) is -0.384. The Morgan fingerprint density at radius 1 is 0.658 bits per heavy atom. The molecule has 0 aliphatic heterocycles. The number of unbranched alkanes of at least 4 members (excludes halogenated alkanes) is 8. The van der Waals surface area contributed by atoms with Crippen molar-refractivity contribution in [3.63, 3.8) is 0 Å². The lowest BCUT2D eigenvalue weighted by Crippen LogP contribution is -2.55. The zero-order valence-electron chi connectivity index (χ0n) is 24.5. The maximum atomic E-state index is 12.4. The summed E-state index contributed by atoms with van der Waals surface area (Å²) in [6.45, 7) is 11.1. The van der Waals surface area contributed by atoms with E-state index in [2.05, 4.69) is 67.0 Å². The zero-order valence-corrected chi connectivity index (χ0v) is 24.5. The molecule has 0 aromatic heterocycles. The Morgan fingerprint density at radius 3 is 1.68 bits per heavy atom. The standard InChI is InChI=1S/C28H54N6O4/c1-6-8-10-12-14-16-23(35)31-33-25(37)29-21-28(5)19-22(18-27(3,4)20-28)30-26(38)34-32-24(36)17-15-13-11-9-7-2/h22H,6-21H2,1-5H3,(H,31,35)(H,32,36)(H2,29,33,37)(H2,30,34,38). The topological polar surface area (TPSA) is 140 Å². The number of nitrogens with one attached hydrogen (secondary N) is 6. The first-order valence-electron chi connectivity index (χ1n) is 14.7. The minimum Gasteiger partial charge on any atom is -0.336 e. The van der Waals surface area contributed by atoms with E-state index in [0.717, 1.165) is 64.2 Å². The van der Waals surface area contributed by atoms with Crippen molar-refractivity contribution in [2.45, 2.75) is 137 Å². The molecule has 1 aliphatic carbocycles. The van der Waals surface area contributed by atoms with Crippen LogP contribution in [0.25, 0.3) is 0 Å². The second-order valence-electron chi connectivity index (χ2n) is 12.1. The molecule has 0 heterocycles. The third-order valence-corrected chi connectivity index (χ3v) is 7.10. The number of amides is 6. The van der Waals surface area contributed by atoms with Crippen LogP contribution in [-0.2, 0) is 9.59 Å². The minimum atomic E-state index is -0.450. The maximum Gasteiger partial charge on any atom is 0.333 e. The molecule has 6 N–H and O–H groups in total. The number of hydrogen-bond acceptors (Lipinski definition) is 4. The first-order chi connectivity index (χ1) is 18.0. The summed E-state index contributed by atoms with van der Waals surface area (Å²) < 4.78 is 0. The summed E-state index contributed by atoms with van der Waals surface area (Å²) >= 11 is 0. The van der Waals surface area contributed by atoms with Gasteiger partial charge in [-0.1, -0.05) is 86.0 Å². The Hall–Kier alpha value is -2.52. The largest absolute Gasteiger partial charge is 0.336 e. The Balaban J connectivity index is 2.39. The van der Waals surface area contributed by atoms with Crippen molar-refractivity contribution >= 4 is 23.9 Å². The average molecular weight is 539 g/mol. The van der Waals surface area contributed by atoms with E-state index in [1.807, 2.05) is 0 Å². The highest BCUT2D eigenvalue weighted by molar-refractivity contribution is 5.81. The van der Waals surface area contributed by atoms with Gasteiger partial charge in [-0.25, -0.2) is 20.4 Å². The van der Waals surface area contributed by atoms with E-state index < -0.39 is 12.1 Å². The van der Waals surface area contributed by atoms with Gasteiger partial charge in [0.1, 0.15) is 0 Å². The molecule has 10 heteroatoms. The molecule has 0 saturated heterocycles. The van der Waals surface area contributed by atoms with Crippen molar-refractivity contribution in [1.29, 1.82) is 0 Å². The highest BCUT2D eigenvalue weighted by Gasteiger charge is 2.42. The second-order valence-corrected chi connectivity index (χ2v) is 12.1. The van der Waals surface area contributed by atoms with Gasteiger partial charge in [-0.2, -0.15) is 0 Å². The number of carbonyl (C=O) groups is 4. The molecule has 1 saturated carbocycles. The fraction of sp³-hybridized carbons (Fsp3) is 0.857. The normalized spacial score (nSPS) is 20.2. The van der Waals surface area contributed by atoms with Crippen LogP contribution in [0.15, 0.2) is 0 Å². The number of hydrogen-bond donors (Lipinski definition) is 6. The van der Waals surface area contributed by atoms with Crippen molar-refractivity contribution in [1.82, 2.24) is 32.3 Å². The molecule has 0 aromatic rings. The quantitative estimate of drug-likeness (QED) is 0.130. The Bertz CT molecular complexity index is 745. The molecule has 1 fully saturated rings. The highest BCUT2D eigenvalue weighted by atomic mass is 16.2. The van der Waals surface area contributed by atoms with Crippen molar-refractivity contribution in [3.05, 3.63) is 0 Å². The smallest absolute Gasteiger partial charge is 0.333 e. The lowest BCUT2D eigenvalue weighted by molar-refractivity contribution is -0.122. The average Bonchev–Trinajstić information content (AvgIpc) is 2.83. The summed E-state index contributed by atoms with van der Waals surface area (Å²) in [6.07, 6.45) is 13.7. The molecule has 2 atom stereocenters. The molecule has 0 spiro atoms. The molecule has 0 bridgehead atoms. The van der Waals surface area contributed by atoms with Gasteiger partial charge < -0.3 is 10.6 Å². The lowest BCUT2D eigenvalue weighted by atomic mass is 9.62. The molecule has 10 nitrogen and oxygen atoms in total. The van der Waals surface area contributed by atoms with Crippen LogP contribution >= 0.6 is 0 Å². The predicted octanol–water partition coefficient (Wildman–Crippen LogP) is 4.95. The fourth-order valence-corrected chi connectivity index (χ4v) is 5.59. The van der Waals surface area contributed by atoms with E-state index in [-0.39, 0.29) is 28.7 Å². The van der Waals surface area contributed by atoms with Crippen molar-refractivity contribution < 1.29 is 19.2 Å². The Morgan fingerprint density at radius 2 is 1.16 bits per heavy atom. The molecular formula is C28H54N6O4. The number of rotatable bonds is 15. The molecule has 0 aromatic carbocycles. The highest BCUT2D eigenvalue weighted by Crippen LogP contribution is 2.45. The molecule has 2 unspecified atom stereocenters. The molecule has 38 heavy (non-hydrogen) atoms. The van der Waals surface area contributed by atoms with Crippen molar-refractivity contribution in [2.24, 2.45) is 10.8 Å². The van der Waals surface area contributed by atoms with Gasteiger partial charge >= 0.3 is 12.1 Å². The van der Waals surface area contributed by atoms with Crippen LogP contribution in [0, 0.1) is 10.8 Å². The second kappa shape index (κ2) is 17.9. The van der Waals surface area contributed by atoms with Crippen LogP contribution in [0.4, 0.5) is 9.59 Å². The number of urea groups is 2. The zero-order chi connectivity index (χ0) is 28.4. The van der Waals surface area contributed by atoms with Gasteiger partial charge in [-0.3, -0.25) is 20.4 Å². The van der Waals surface area contributed by atoms with E-state index >= 15 is 0 Å². The molecule has 6 amide bonds. The summed E-state index contributed by atoms with van der Waals surface area (Å²) in [5.41, 5.74) is 9.57. The van der Waals surface area contributed by atoms with Crippen molar-refractivity contribution in [2.75, 3.05) is 6.54 Å². The van der Waals surface area contributed by atoms with Crippen LogP contribution in [-0.4, -0.2) is 36.5 Å². The van der Waals surface area contributed by atoms with E-state index in [0.29, 0.717) is 25.8 Å². The SMILES string of the molecule is CCCCCCCC(=O)NNC(=O)NCC1(C)CC(NC(=O)NNC(=O)CCCCCCC)CC(C)(C)C1. The molecule has 1 rings (SSSR count). The maximum absolute atomic E-state index is 12.4. The summed E-state index contributed by atoms with van der Waals surface area (Å²) in [6, 6.07) is -0.988. The van der Waals surface area contributed by atoms with Gasteiger partial charge in [0.05, 0.1) is 0 Å². The first kappa shape index (κ1) is 33.5. The monoisotopic (exact) mass is 538 g/mol. The summed E-state index contributed by atoms with van der Waals surface area (Å²) in [7, 11) is 0. The number of hydrazine groups is 2. The predicted molar refractivity (Wildman–Crippen MR) is 151 cm³/mol. The van der Waals surface area contributed by atoms with Gasteiger partial charge in [0.2, 0.25) is 11.8 Å². The van der Waals surface area contributed by atoms with Gasteiger partial charge in [-0.15, -0.1) is 0 Å². The van der Waals surface area contributed by atoms with Gasteiger partial charge in [-0.05, 0) is 42.9 Å². The van der Waals surface area contributed by atoms with Crippen molar-refractivity contribution in [3.8, 4) is 0 Å². The van der Waals surface area contributed by atoms with E-state index in [1.165, 1.54) is 12.8 Å². The molecule has 0 radical (unpaired) electrons.